The van der Waals surface area contributed by atoms with Gasteiger partial charge in [0.25, 0.3) is 0 Å². The average molecular weight is 443 g/mol. The van der Waals surface area contributed by atoms with Crippen molar-refractivity contribution in [2.45, 2.75) is 119 Å². The van der Waals surface area contributed by atoms with Crippen LogP contribution in [0.4, 0.5) is 0 Å². The largest absolute Gasteiger partial charge is 0.393 e. The lowest BCUT2D eigenvalue weighted by Gasteiger charge is -2.63. The molecule has 4 unspecified atom stereocenters. The lowest BCUT2D eigenvalue weighted by atomic mass is 9.42. The third-order valence-corrected chi connectivity index (χ3v) is 13.9. The first kappa shape index (κ1) is 23.7. The molecule has 5 rings (SSSR count). The van der Waals surface area contributed by atoms with Crippen LogP contribution in [0.5, 0.6) is 0 Å². The Morgan fingerprint density at radius 3 is 2.12 bits per heavy atom. The van der Waals surface area contributed by atoms with Crippen LogP contribution in [0.25, 0.3) is 0 Å². The Bertz CT molecular complexity index is 713. The molecule has 0 aromatic heterocycles. The highest BCUT2D eigenvalue weighted by atomic mass is 16.3. The molecule has 0 amide bonds. The highest BCUT2D eigenvalue weighted by Crippen LogP contribution is 2.72. The molecular formula is C31H54O. The van der Waals surface area contributed by atoms with Crippen molar-refractivity contribution in [2.75, 3.05) is 0 Å². The van der Waals surface area contributed by atoms with Crippen LogP contribution in [0.2, 0.25) is 0 Å². The minimum absolute atomic E-state index is 0.0540. The van der Waals surface area contributed by atoms with Crippen molar-refractivity contribution in [1.29, 1.82) is 0 Å². The molecule has 0 heterocycles. The van der Waals surface area contributed by atoms with Gasteiger partial charge in [-0.25, -0.2) is 0 Å². The quantitative estimate of drug-likeness (QED) is 0.465. The molecule has 0 aromatic rings. The Labute approximate surface area is 199 Å². The van der Waals surface area contributed by atoms with Crippen molar-refractivity contribution >= 4 is 0 Å². The molecule has 1 heteroatoms. The zero-order valence-electron chi connectivity index (χ0n) is 22.7. The fourth-order valence-electron chi connectivity index (χ4n) is 11.4. The standard InChI is InChI=1S/C31H54O/c1-18(2)21(5)30(7)17-27(30)20(4)24-12-13-25-22-10-11-23-19(3)9-14-28(32)31(23,8)26(22)15-16-29(24,25)6/h18-28,32H,9-17H2,1-8H3/t19?,20-,21?,22-,23?,24+,25-,26-,27+,28?,29+,30+,31-/m0/s1. The van der Waals surface area contributed by atoms with Crippen molar-refractivity contribution in [2.24, 2.45) is 75.4 Å². The second-order valence-corrected chi connectivity index (χ2v) is 14.9. The van der Waals surface area contributed by atoms with Gasteiger partial charge < -0.3 is 5.11 Å². The summed E-state index contributed by atoms with van der Waals surface area (Å²) < 4.78 is 0. The van der Waals surface area contributed by atoms with Gasteiger partial charge in [0.1, 0.15) is 0 Å². The Balaban J connectivity index is 1.36. The number of aliphatic hydroxyl groups is 1. The molecule has 184 valence electrons. The maximum atomic E-state index is 11.3. The van der Waals surface area contributed by atoms with E-state index in [4.69, 9.17) is 0 Å². The second-order valence-electron chi connectivity index (χ2n) is 14.9. The van der Waals surface area contributed by atoms with Crippen LogP contribution < -0.4 is 0 Å². The van der Waals surface area contributed by atoms with Crippen molar-refractivity contribution in [1.82, 2.24) is 0 Å². The van der Waals surface area contributed by atoms with Gasteiger partial charge >= 0.3 is 0 Å². The summed E-state index contributed by atoms with van der Waals surface area (Å²) in [5.41, 5.74) is 1.33. The first-order valence-corrected chi connectivity index (χ1v) is 14.6. The SMILES string of the molecule is CC(C)C(C)[C@@]1(C)C[C@@H]1[C@@H](C)[C@H]1CC[C@H]2[C@@H]3CCC4C(C)CCC(O)[C@]4(C)[C@H]3CC[C@]12C. The maximum Gasteiger partial charge on any atom is 0.0599 e. The average Bonchev–Trinajstić information content (AvgIpc) is 3.31. The molecule has 0 saturated heterocycles. The molecule has 0 aliphatic heterocycles. The first-order valence-electron chi connectivity index (χ1n) is 14.6. The number of fused-ring (bicyclic) bond motifs is 5. The van der Waals surface area contributed by atoms with Crippen LogP contribution in [0.1, 0.15) is 113 Å². The number of aliphatic hydroxyl groups excluding tert-OH is 1. The predicted octanol–water partition coefficient (Wildman–Crippen LogP) is 8.21. The van der Waals surface area contributed by atoms with Gasteiger partial charge in [-0.15, -0.1) is 0 Å². The molecule has 0 aromatic carbocycles. The molecule has 32 heavy (non-hydrogen) atoms. The Hall–Kier alpha value is -0.0400. The molecule has 0 spiro atoms. The fourth-order valence-corrected chi connectivity index (χ4v) is 11.4. The summed E-state index contributed by atoms with van der Waals surface area (Å²) in [7, 11) is 0. The topological polar surface area (TPSA) is 20.2 Å². The summed E-state index contributed by atoms with van der Waals surface area (Å²) in [4.78, 5) is 0. The van der Waals surface area contributed by atoms with Crippen molar-refractivity contribution in [3.8, 4) is 0 Å². The molecule has 0 bridgehead atoms. The number of hydrogen-bond donors (Lipinski definition) is 1. The molecule has 5 saturated carbocycles. The van der Waals surface area contributed by atoms with Crippen molar-refractivity contribution in [3.05, 3.63) is 0 Å². The Morgan fingerprint density at radius 2 is 1.44 bits per heavy atom. The summed E-state index contributed by atoms with van der Waals surface area (Å²) in [6.07, 6.45) is 12.3. The first-order chi connectivity index (χ1) is 15.0. The van der Waals surface area contributed by atoms with E-state index in [0.29, 0.717) is 10.8 Å². The van der Waals surface area contributed by atoms with Crippen molar-refractivity contribution < 1.29 is 5.11 Å². The zero-order chi connectivity index (χ0) is 23.2. The summed E-state index contributed by atoms with van der Waals surface area (Å²) in [5, 5.41) is 11.3. The minimum atomic E-state index is -0.0540. The summed E-state index contributed by atoms with van der Waals surface area (Å²) in [6, 6.07) is 0. The van der Waals surface area contributed by atoms with Gasteiger partial charge in [-0.2, -0.15) is 0 Å². The Morgan fingerprint density at radius 1 is 0.750 bits per heavy atom. The smallest absolute Gasteiger partial charge is 0.0599 e. The van der Waals surface area contributed by atoms with E-state index in [2.05, 4.69) is 55.4 Å². The van der Waals surface area contributed by atoms with Gasteiger partial charge in [0.05, 0.1) is 6.10 Å². The molecular weight excluding hydrogens is 388 g/mol. The van der Waals surface area contributed by atoms with E-state index in [0.717, 1.165) is 65.6 Å². The fraction of sp³-hybridized carbons (Fsp3) is 1.00. The lowest BCUT2D eigenvalue weighted by molar-refractivity contribution is -0.178. The van der Waals surface area contributed by atoms with E-state index < -0.39 is 0 Å². The normalized spacial score (nSPS) is 56.8. The molecule has 1 N–H and O–H groups in total. The van der Waals surface area contributed by atoms with E-state index in [9.17, 15) is 5.11 Å². The van der Waals surface area contributed by atoms with Gasteiger partial charge in [-0.1, -0.05) is 55.4 Å². The third kappa shape index (κ3) is 3.10. The number of hydrogen-bond acceptors (Lipinski definition) is 1. The molecule has 5 aliphatic rings. The van der Waals surface area contributed by atoms with E-state index in [-0.39, 0.29) is 11.5 Å². The van der Waals surface area contributed by atoms with Gasteiger partial charge in [0.2, 0.25) is 0 Å². The monoisotopic (exact) mass is 442 g/mol. The maximum absolute atomic E-state index is 11.3. The minimum Gasteiger partial charge on any atom is -0.393 e. The van der Waals surface area contributed by atoms with Gasteiger partial charge in [-0.05, 0) is 133 Å². The second kappa shape index (κ2) is 7.73. The molecule has 5 fully saturated rings. The van der Waals surface area contributed by atoms with E-state index in [1.807, 2.05) is 0 Å². The predicted molar refractivity (Wildman–Crippen MR) is 135 cm³/mol. The zero-order valence-corrected chi connectivity index (χ0v) is 22.7. The van der Waals surface area contributed by atoms with E-state index >= 15 is 0 Å². The highest BCUT2D eigenvalue weighted by molar-refractivity contribution is 5.14. The van der Waals surface area contributed by atoms with Crippen LogP contribution in [0.3, 0.4) is 0 Å². The van der Waals surface area contributed by atoms with E-state index in [1.54, 1.807) is 0 Å². The van der Waals surface area contributed by atoms with Crippen LogP contribution in [-0.2, 0) is 0 Å². The number of rotatable bonds is 4. The van der Waals surface area contributed by atoms with Crippen LogP contribution >= 0.6 is 0 Å². The lowest BCUT2D eigenvalue weighted by Crippen LogP contribution is -2.59. The summed E-state index contributed by atoms with van der Waals surface area (Å²) in [5.74, 6) is 8.57. The molecule has 5 aliphatic carbocycles. The van der Waals surface area contributed by atoms with Crippen LogP contribution in [0.15, 0.2) is 0 Å². The molecule has 13 atom stereocenters. The summed E-state index contributed by atoms with van der Waals surface area (Å²) >= 11 is 0. The van der Waals surface area contributed by atoms with Crippen LogP contribution in [-0.4, -0.2) is 11.2 Å². The molecule has 0 radical (unpaired) electrons. The highest BCUT2D eigenvalue weighted by Gasteiger charge is 2.65. The third-order valence-electron chi connectivity index (χ3n) is 13.9. The van der Waals surface area contributed by atoms with E-state index in [1.165, 1.54) is 51.4 Å². The van der Waals surface area contributed by atoms with Crippen molar-refractivity contribution in [3.63, 3.8) is 0 Å². The van der Waals surface area contributed by atoms with Gasteiger partial charge in [0, 0.05) is 0 Å². The van der Waals surface area contributed by atoms with Crippen LogP contribution in [0, 0.1) is 75.4 Å². The van der Waals surface area contributed by atoms with Gasteiger partial charge in [0.15, 0.2) is 0 Å². The summed E-state index contributed by atoms with van der Waals surface area (Å²) in [6.45, 7) is 20.4. The molecule has 1 nitrogen and oxygen atoms in total. The van der Waals surface area contributed by atoms with Gasteiger partial charge in [-0.3, -0.25) is 0 Å². The Kier molecular flexibility index (Phi) is 5.72.